The van der Waals surface area contributed by atoms with E-state index in [0.717, 1.165) is 21.2 Å². The number of pyridine rings is 2. The molecule has 202 valence electrons. The molecule has 18 heteroatoms. The summed E-state index contributed by atoms with van der Waals surface area (Å²) in [5, 5.41) is 10.7. The minimum atomic E-state index is -4.71. The van der Waals surface area contributed by atoms with Gasteiger partial charge in [0.15, 0.2) is 27.1 Å². The fraction of sp³-hybridized carbons (Fsp3) is 0.350. The van der Waals surface area contributed by atoms with Gasteiger partial charge in [0.05, 0.1) is 17.9 Å². The number of hydrogen-bond donors (Lipinski definition) is 0. The molecule has 1 aliphatic heterocycles. The molecule has 0 atom stereocenters. The molecule has 38 heavy (non-hydrogen) atoms. The van der Waals surface area contributed by atoms with Crippen molar-refractivity contribution in [3.63, 3.8) is 0 Å². The van der Waals surface area contributed by atoms with Crippen LogP contribution in [0.25, 0.3) is 11.5 Å². The second-order valence-corrected chi connectivity index (χ2v) is 10.5. The van der Waals surface area contributed by atoms with Crippen molar-refractivity contribution < 1.29 is 34.8 Å². The Morgan fingerprint density at radius 1 is 1.00 bits per heavy atom. The maximum absolute atomic E-state index is 13.2. The number of aromatic nitrogens is 7. The first-order valence-corrected chi connectivity index (χ1v) is 12.5. The van der Waals surface area contributed by atoms with Gasteiger partial charge in [-0.25, -0.2) is 22.6 Å². The maximum Gasteiger partial charge on any atom is 0.451 e. The van der Waals surface area contributed by atoms with E-state index in [1.807, 2.05) is 0 Å². The fourth-order valence-corrected chi connectivity index (χ4v) is 5.00. The summed E-state index contributed by atoms with van der Waals surface area (Å²) in [6, 6.07) is 3.78. The molecule has 1 aliphatic rings. The van der Waals surface area contributed by atoms with E-state index < -0.39 is 55.6 Å². The Labute approximate surface area is 208 Å². The van der Waals surface area contributed by atoms with Crippen LogP contribution in [-0.2, 0) is 35.3 Å². The topological polar surface area (TPSA) is 120 Å². The Balaban J connectivity index is 1.62. The SMILES string of the molecule is CCS(=O)(=O)c1ccc(N2CCn3c(nnc3C(F)(F)F)C2)nc1-n1nc2cc(C(F)(F)F)ccn2c1=O. The van der Waals surface area contributed by atoms with E-state index in [1.165, 1.54) is 17.9 Å². The highest BCUT2D eigenvalue weighted by atomic mass is 32.2. The highest BCUT2D eigenvalue weighted by molar-refractivity contribution is 7.91. The van der Waals surface area contributed by atoms with Crippen LogP contribution in [0.1, 0.15) is 24.1 Å². The van der Waals surface area contributed by atoms with Crippen LogP contribution in [0.3, 0.4) is 0 Å². The first-order valence-electron chi connectivity index (χ1n) is 10.9. The second kappa shape index (κ2) is 8.53. The molecule has 5 rings (SSSR count). The van der Waals surface area contributed by atoms with Crippen LogP contribution in [0.5, 0.6) is 0 Å². The van der Waals surface area contributed by atoms with Crippen molar-refractivity contribution in [2.75, 3.05) is 17.2 Å². The van der Waals surface area contributed by atoms with Gasteiger partial charge in [0.25, 0.3) is 0 Å². The first-order chi connectivity index (χ1) is 17.7. The number of rotatable bonds is 4. The largest absolute Gasteiger partial charge is 0.451 e. The van der Waals surface area contributed by atoms with Gasteiger partial charge in [-0.05, 0) is 24.3 Å². The number of alkyl halides is 6. The van der Waals surface area contributed by atoms with Crippen LogP contribution in [0.15, 0.2) is 40.2 Å². The van der Waals surface area contributed by atoms with E-state index in [-0.39, 0.29) is 37.0 Å². The van der Waals surface area contributed by atoms with Crippen molar-refractivity contribution in [2.24, 2.45) is 0 Å². The molecule has 0 N–H and O–H groups in total. The zero-order valence-corrected chi connectivity index (χ0v) is 20.0. The zero-order chi connectivity index (χ0) is 27.6. The average molecular weight is 562 g/mol. The third-order valence-electron chi connectivity index (χ3n) is 5.92. The number of sulfone groups is 1. The van der Waals surface area contributed by atoms with Crippen LogP contribution in [-0.4, -0.2) is 54.6 Å². The summed E-state index contributed by atoms with van der Waals surface area (Å²) in [7, 11) is -3.99. The van der Waals surface area contributed by atoms with E-state index >= 15 is 0 Å². The minimum Gasteiger partial charge on any atom is -0.347 e. The monoisotopic (exact) mass is 562 g/mol. The third kappa shape index (κ3) is 4.27. The molecule has 11 nitrogen and oxygen atoms in total. The van der Waals surface area contributed by atoms with Gasteiger partial charge >= 0.3 is 18.0 Å². The summed E-state index contributed by atoms with van der Waals surface area (Å²) in [6.45, 7) is 1.04. The van der Waals surface area contributed by atoms with Gasteiger partial charge in [0.2, 0.25) is 5.82 Å². The molecule has 0 radical (unpaired) electrons. The molecule has 0 spiro atoms. The van der Waals surface area contributed by atoms with Gasteiger partial charge in [-0.1, -0.05) is 6.92 Å². The minimum absolute atomic E-state index is 0.00937. The highest BCUT2D eigenvalue weighted by Gasteiger charge is 2.40. The number of nitrogens with zero attached hydrogens (tertiary/aromatic N) is 8. The van der Waals surface area contributed by atoms with E-state index in [1.54, 1.807) is 0 Å². The maximum atomic E-state index is 13.2. The Morgan fingerprint density at radius 3 is 2.39 bits per heavy atom. The first kappa shape index (κ1) is 25.7. The molecule has 0 unspecified atom stereocenters. The van der Waals surface area contributed by atoms with Crippen LogP contribution >= 0.6 is 0 Å². The fourth-order valence-electron chi connectivity index (χ4n) is 4.00. The Morgan fingerprint density at radius 2 is 1.74 bits per heavy atom. The Bertz CT molecular complexity index is 1720. The molecule has 0 amide bonds. The van der Waals surface area contributed by atoms with Crippen molar-refractivity contribution in [1.29, 1.82) is 0 Å². The van der Waals surface area contributed by atoms with Crippen molar-refractivity contribution in [3.05, 3.63) is 58.2 Å². The van der Waals surface area contributed by atoms with Crippen molar-refractivity contribution in [3.8, 4) is 5.82 Å². The van der Waals surface area contributed by atoms with Crippen LogP contribution < -0.4 is 10.6 Å². The second-order valence-electron chi connectivity index (χ2n) is 8.24. The van der Waals surface area contributed by atoms with Gasteiger partial charge < -0.3 is 9.47 Å². The van der Waals surface area contributed by atoms with Crippen LogP contribution in [0.4, 0.5) is 32.2 Å². The van der Waals surface area contributed by atoms with Crippen LogP contribution in [0.2, 0.25) is 0 Å². The lowest BCUT2D eigenvalue weighted by atomic mass is 10.2. The standard InChI is InChI=1S/C20H16F6N8O3S/c1-2-38(36,37)12-3-4-13(31-7-8-32-15(10-31)28-29-17(32)20(24,25)26)27-16(12)34-18(35)33-6-5-11(19(21,22)23)9-14(33)30-34/h3-6,9H,2,7-8,10H2,1H3. The molecular formula is C20H16F6N8O3S. The van der Waals surface area contributed by atoms with Crippen molar-refractivity contribution >= 4 is 21.3 Å². The molecule has 0 saturated carbocycles. The van der Waals surface area contributed by atoms with Crippen molar-refractivity contribution in [1.82, 2.24) is 33.9 Å². The summed E-state index contributed by atoms with van der Waals surface area (Å²) in [5.74, 6) is -1.93. The third-order valence-corrected chi connectivity index (χ3v) is 7.67. The summed E-state index contributed by atoms with van der Waals surface area (Å²) >= 11 is 0. The summed E-state index contributed by atoms with van der Waals surface area (Å²) < 4.78 is 107. The van der Waals surface area contributed by atoms with Gasteiger partial charge in [-0.3, -0.25) is 0 Å². The number of halogens is 6. The Kier molecular flexibility index (Phi) is 5.77. The summed E-state index contributed by atoms with van der Waals surface area (Å²) in [6.07, 6.45) is -8.56. The number of anilines is 1. The van der Waals surface area contributed by atoms with Crippen molar-refractivity contribution in [2.45, 2.75) is 37.3 Å². The lowest BCUT2D eigenvalue weighted by molar-refractivity contribution is -0.147. The predicted octanol–water partition coefficient (Wildman–Crippen LogP) is 2.32. The lowest BCUT2D eigenvalue weighted by Gasteiger charge is -2.29. The average Bonchev–Trinajstić information content (AvgIpc) is 3.43. The summed E-state index contributed by atoms with van der Waals surface area (Å²) in [4.78, 5) is 18.4. The van der Waals surface area contributed by atoms with Gasteiger partial charge in [-0.2, -0.15) is 31.0 Å². The molecule has 4 aromatic rings. The van der Waals surface area contributed by atoms with E-state index in [2.05, 4.69) is 20.3 Å². The molecule has 5 heterocycles. The molecule has 4 aromatic heterocycles. The summed E-state index contributed by atoms with van der Waals surface area (Å²) in [5.41, 5.74) is -2.44. The molecule has 0 saturated heterocycles. The van der Waals surface area contributed by atoms with Gasteiger partial charge in [0, 0.05) is 19.3 Å². The molecule has 0 fully saturated rings. The smallest absolute Gasteiger partial charge is 0.347 e. The number of hydrogen-bond acceptors (Lipinski definition) is 8. The van der Waals surface area contributed by atoms with E-state index in [0.29, 0.717) is 16.8 Å². The Hall–Kier alpha value is -3.96. The molecular weight excluding hydrogens is 546 g/mol. The quantitative estimate of drug-likeness (QED) is 0.348. The van der Waals surface area contributed by atoms with Gasteiger partial charge in [-0.15, -0.1) is 15.3 Å². The zero-order valence-electron chi connectivity index (χ0n) is 19.2. The highest BCUT2D eigenvalue weighted by Crippen LogP contribution is 2.32. The van der Waals surface area contributed by atoms with E-state index in [9.17, 15) is 39.6 Å². The molecule has 0 aliphatic carbocycles. The lowest BCUT2D eigenvalue weighted by Crippen LogP contribution is -2.36. The normalized spacial score (nSPS) is 14.8. The predicted molar refractivity (Wildman–Crippen MR) is 117 cm³/mol. The molecule has 0 aromatic carbocycles. The van der Waals surface area contributed by atoms with Crippen LogP contribution in [0, 0.1) is 0 Å². The van der Waals surface area contributed by atoms with E-state index in [4.69, 9.17) is 0 Å². The molecule has 0 bridgehead atoms. The van der Waals surface area contributed by atoms with Gasteiger partial charge in [0.1, 0.15) is 10.7 Å². The number of fused-ring (bicyclic) bond motifs is 2.